The van der Waals surface area contributed by atoms with Crippen molar-refractivity contribution in [2.45, 2.75) is 0 Å². The highest BCUT2D eigenvalue weighted by Crippen LogP contribution is 1.58. The highest BCUT2D eigenvalue weighted by molar-refractivity contribution is 5.15. The van der Waals surface area contributed by atoms with E-state index in [1.165, 1.54) is 0 Å². The van der Waals surface area contributed by atoms with E-state index in [-0.39, 0.29) is 6.61 Å². The van der Waals surface area contributed by atoms with Gasteiger partial charge in [0.1, 0.15) is 0 Å². The lowest BCUT2D eigenvalue weighted by atomic mass is 10.6. The lowest BCUT2D eigenvalue weighted by molar-refractivity contribution is 0.293. The summed E-state index contributed by atoms with van der Waals surface area (Å²) in [5.41, 5.74) is 0. The molecule has 66 valence electrons. The third kappa shape index (κ3) is 17.6. The van der Waals surface area contributed by atoms with E-state index in [1.807, 2.05) is 0 Å². The van der Waals surface area contributed by atoms with Gasteiger partial charge in [0.15, 0.2) is 0 Å². The van der Waals surface area contributed by atoms with Crippen LogP contribution in [0.4, 0.5) is 0 Å². The van der Waals surface area contributed by atoms with Gasteiger partial charge < -0.3 is 21.1 Å². The molecule has 4 heteroatoms. The molecule has 4 N–H and O–H groups in total. The van der Waals surface area contributed by atoms with Crippen LogP contribution >= 0.6 is 0 Å². The van der Waals surface area contributed by atoms with Gasteiger partial charge in [-0.3, -0.25) is 0 Å². The minimum Gasteiger partial charge on any atom is -0.395 e. The molecular weight excluding hydrogens is 142 g/mol. The molecule has 0 aliphatic carbocycles. The van der Waals surface area contributed by atoms with Crippen LogP contribution in [0.1, 0.15) is 0 Å². The second kappa shape index (κ2) is 16.1. The molecule has 0 amide bonds. The summed E-state index contributed by atoms with van der Waals surface area (Å²) in [6.45, 7) is 8.59. The van der Waals surface area contributed by atoms with Gasteiger partial charge in [0.25, 0.3) is 0 Å². The number of nitrogens with one attached hydrogen (secondary N) is 3. The zero-order valence-corrected chi connectivity index (χ0v) is 6.77. The lowest BCUT2D eigenvalue weighted by Gasteiger charge is -2.00. The molecule has 0 fully saturated rings. The van der Waals surface area contributed by atoms with Gasteiger partial charge in [0.05, 0.1) is 6.61 Å². The molecule has 0 spiro atoms. The summed E-state index contributed by atoms with van der Waals surface area (Å²) in [5.74, 6) is 0. The maximum absolute atomic E-state index is 8.32. The monoisotopic (exact) mass is 159 g/mol. The predicted molar refractivity (Wildman–Crippen MR) is 48.0 cm³/mol. The van der Waals surface area contributed by atoms with Gasteiger partial charge in [-0.2, -0.15) is 0 Å². The van der Waals surface area contributed by atoms with Crippen LogP contribution in [0.2, 0.25) is 0 Å². The number of aliphatic hydroxyl groups excluding tert-OH is 1. The quantitative estimate of drug-likeness (QED) is 0.314. The Morgan fingerprint density at radius 2 is 1.91 bits per heavy atom. The molecule has 4 nitrogen and oxygen atoms in total. The van der Waals surface area contributed by atoms with E-state index in [0.29, 0.717) is 6.54 Å². The Kier molecular flexibility index (Phi) is 18.7. The molecule has 0 atom stereocenters. The van der Waals surface area contributed by atoms with Gasteiger partial charge in [-0.25, -0.2) is 0 Å². The maximum Gasteiger partial charge on any atom is 0.0555 e. The minimum absolute atomic E-state index is 0.202. The van der Waals surface area contributed by atoms with Crippen molar-refractivity contribution < 1.29 is 5.11 Å². The van der Waals surface area contributed by atoms with E-state index in [9.17, 15) is 0 Å². The van der Waals surface area contributed by atoms with Crippen LogP contribution in [0, 0.1) is 5.41 Å². The summed E-state index contributed by atoms with van der Waals surface area (Å²) in [6.07, 6.45) is 1.65. The molecule has 0 aromatic carbocycles. The zero-order chi connectivity index (χ0) is 8.95. The predicted octanol–water partition coefficient (Wildman–Crippen LogP) is -0.433. The van der Waals surface area contributed by atoms with Crippen LogP contribution in [-0.4, -0.2) is 38.1 Å². The Morgan fingerprint density at radius 1 is 1.27 bits per heavy atom. The summed E-state index contributed by atoms with van der Waals surface area (Å²) in [7, 11) is 0. The fourth-order valence-corrected chi connectivity index (χ4v) is 0.467. The highest BCUT2D eigenvalue weighted by atomic mass is 16.3. The van der Waals surface area contributed by atoms with E-state index in [2.05, 4.69) is 23.9 Å². The molecule has 0 bridgehead atoms. The Balaban J connectivity index is 0. The number of aliphatic hydroxyl groups is 1. The summed E-state index contributed by atoms with van der Waals surface area (Å²) in [6, 6.07) is 0. The van der Waals surface area contributed by atoms with Crippen LogP contribution < -0.4 is 10.6 Å². The Morgan fingerprint density at radius 3 is 2.36 bits per heavy atom. The third-order valence-electron chi connectivity index (χ3n) is 0.879. The molecule has 0 radical (unpaired) electrons. The second-order valence-corrected chi connectivity index (χ2v) is 1.63. The molecule has 11 heavy (non-hydrogen) atoms. The smallest absolute Gasteiger partial charge is 0.0555 e. The summed E-state index contributed by atoms with van der Waals surface area (Å²) < 4.78 is 0. The topological polar surface area (TPSA) is 68.1 Å². The maximum atomic E-state index is 8.32. The molecule has 0 aliphatic heterocycles. The summed E-state index contributed by atoms with van der Waals surface area (Å²) >= 11 is 0. The number of hydrogen-bond acceptors (Lipinski definition) is 4. The lowest BCUT2D eigenvalue weighted by Crippen LogP contribution is -2.26. The van der Waals surface area contributed by atoms with Gasteiger partial charge in [0, 0.05) is 19.6 Å². The first kappa shape index (κ1) is 12.8. The molecular formula is C7H17N3O. The first-order valence-electron chi connectivity index (χ1n) is 3.43. The Hall–Kier alpha value is -0.870. The summed E-state index contributed by atoms with van der Waals surface area (Å²) in [5, 5.41) is 19.8. The van der Waals surface area contributed by atoms with Crippen molar-refractivity contribution in [1.82, 2.24) is 10.6 Å². The first-order chi connectivity index (χ1) is 5.41. The minimum atomic E-state index is 0.202. The van der Waals surface area contributed by atoms with E-state index < -0.39 is 0 Å². The van der Waals surface area contributed by atoms with Crippen molar-refractivity contribution >= 4 is 6.72 Å². The molecule has 0 heterocycles. The zero-order valence-electron chi connectivity index (χ0n) is 6.77. The highest BCUT2D eigenvalue weighted by Gasteiger charge is 1.80. The van der Waals surface area contributed by atoms with E-state index in [0.717, 1.165) is 13.1 Å². The standard InChI is InChI=1S/C6H14N2O.CH3N/c1-2-7-3-4-8-5-6-9;1-2/h2,7-9H,1,3-6H2;2H,1H2. The van der Waals surface area contributed by atoms with Crippen LogP contribution in [0.5, 0.6) is 0 Å². The van der Waals surface area contributed by atoms with Gasteiger partial charge >= 0.3 is 0 Å². The van der Waals surface area contributed by atoms with Crippen LogP contribution in [0.3, 0.4) is 0 Å². The van der Waals surface area contributed by atoms with Crippen LogP contribution in [-0.2, 0) is 0 Å². The van der Waals surface area contributed by atoms with Gasteiger partial charge in [-0.1, -0.05) is 6.58 Å². The van der Waals surface area contributed by atoms with Crippen molar-refractivity contribution in [1.29, 1.82) is 5.41 Å². The van der Waals surface area contributed by atoms with Crippen molar-refractivity contribution in [3.63, 3.8) is 0 Å². The van der Waals surface area contributed by atoms with Crippen LogP contribution in [0.15, 0.2) is 12.8 Å². The molecule has 0 rings (SSSR count). The molecule has 0 saturated heterocycles. The molecule has 0 unspecified atom stereocenters. The molecule has 0 saturated carbocycles. The van der Waals surface area contributed by atoms with E-state index >= 15 is 0 Å². The molecule has 0 aromatic rings. The normalized spacial score (nSPS) is 7.73. The van der Waals surface area contributed by atoms with E-state index in [1.54, 1.807) is 6.20 Å². The Labute approximate surface area is 67.8 Å². The van der Waals surface area contributed by atoms with Crippen molar-refractivity contribution in [2.75, 3.05) is 26.2 Å². The van der Waals surface area contributed by atoms with Crippen molar-refractivity contribution in [3.8, 4) is 0 Å². The fraction of sp³-hybridized carbons (Fsp3) is 0.571. The Bertz CT molecular complexity index is 78.1. The fourth-order valence-electron chi connectivity index (χ4n) is 0.467. The van der Waals surface area contributed by atoms with Crippen molar-refractivity contribution in [3.05, 3.63) is 12.8 Å². The third-order valence-corrected chi connectivity index (χ3v) is 0.879. The molecule has 0 aromatic heterocycles. The molecule has 0 aliphatic rings. The second-order valence-electron chi connectivity index (χ2n) is 1.63. The van der Waals surface area contributed by atoms with E-state index in [4.69, 9.17) is 10.5 Å². The largest absolute Gasteiger partial charge is 0.395 e. The SMILES string of the molecule is C=CNCCNCCO.C=N. The average molecular weight is 159 g/mol. The first-order valence-corrected chi connectivity index (χ1v) is 3.43. The summed E-state index contributed by atoms with van der Waals surface area (Å²) in [4.78, 5) is 0. The number of rotatable bonds is 6. The average Bonchev–Trinajstić information content (AvgIpc) is 2.08. The van der Waals surface area contributed by atoms with Crippen LogP contribution in [0.25, 0.3) is 0 Å². The number of hydrogen-bond donors (Lipinski definition) is 4. The van der Waals surface area contributed by atoms with Gasteiger partial charge in [0.2, 0.25) is 0 Å². The van der Waals surface area contributed by atoms with Gasteiger partial charge in [-0.15, -0.1) is 0 Å². The van der Waals surface area contributed by atoms with Gasteiger partial charge in [-0.05, 0) is 12.9 Å². The van der Waals surface area contributed by atoms with Crippen molar-refractivity contribution in [2.24, 2.45) is 0 Å².